The topological polar surface area (TPSA) is 63.4 Å². The second kappa shape index (κ2) is 5.06. The maximum Gasteiger partial charge on any atom is 0.152 e. The molecule has 2 N–H and O–H groups in total. The Bertz CT molecular complexity index is 480. The molecule has 0 saturated carbocycles. The molecule has 1 aliphatic rings. The van der Waals surface area contributed by atoms with Crippen LogP contribution in [-0.4, -0.2) is 37.9 Å². The van der Waals surface area contributed by atoms with E-state index in [1.54, 1.807) is 11.3 Å². The molecular weight excluding hydrogens is 256 g/mol. The van der Waals surface area contributed by atoms with Crippen molar-refractivity contribution in [2.24, 2.45) is 5.73 Å². The van der Waals surface area contributed by atoms with Crippen LogP contribution in [0.3, 0.4) is 0 Å². The van der Waals surface area contributed by atoms with E-state index in [-0.39, 0.29) is 0 Å². The fourth-order valence-electron chi connectivity index (χ4n) is 1.99. The molecule has 17 heavy (non-hydrogen) atoms. The van der Waals surface area contributed by atoms with Crippen molar-refractivity contribution in [3.63, 3.8) is 0 Å². The van der Waals surface area contributed by atoms with Gasteiger partial charge in [-0.2, -0.15) is 0 Å². The van der Waals surface area contributed by atoms with Crippen molar-refractivity contribution >= 4 is 21.2 Å². The summed E-state index contributed by atoms with van der Waals surface area (Å²) in [6.45, 7) is 4.82. The van der Waals surface area contributed by atoms with Gasteiger partial charge in [0.25, 0.3) is 0 Å². The lowest BCUT2D eigenvalue weighted by Crippen LogP contribution is -2.39. The summed E-state index contributed by atoms with van der Waals surface area (Å²) in [4.78, 5) is 4.69. The average molecular weight is 274 g/mol. The minimum Gasteiger partial charge on any atom is -0.326 e. The third-order valence-electron chi connectivity index (χ3n) is 3.10. The van der Waals surface area contributed by atoms with Crippen LogP contribution in [0, 0.1) is 6.92 Å². The molecule has 0 spiro atoms. The zero-order valence-corrected chi connectivity index (χ0v) is 11.6. The van der Waals surface area contributed by atoms with Crippen LogP contribution in [-0.2, 0) is 22.9 Å². The second-order valence-corrected chi connectivity index (χ2v) is 8.07. The maximum atomic E-state index is 11.3. The molecule has 2 heterocycles. The van der Waals surface area contributed by atoms with Crippen LogP contribution < -0.4 is 5.73 Å². The first-order chi connectivity index (χ1) is 8.00. The fourth-order valence-corrected chi connectivity index (χ4v) is 4.20. The van der Waals surface area contributed by atoms with Crippen molar-refractivity contribution in [2.75, 3.05) is 24.6 Å². The van der Waals surface area contributed by atoms with Gasteiger partial charge in [0.2, 0.25) is 0 Å². The summed E-state index contributed by atoms with van der Waals surface area (Å²) >= 11 is 1.73. The molecule has 0 radical (unpaired) electrons. The minimum atomic E-state index is -2.78. The van der Waals surface area contributed by atoms with E-state index in [9.17, 15) is 8.42 Å². The van der Waals surface area contributed by atoms with Crippen LogP contribution in [0.15, 0.2) is 6.07 Å². The van der Waals surface area contributed by atoms with Crippen molar-refractivity contribution in [1.29, 1.82) is 0 Å². The van der Waals surface area contributed by atoms with E-state index in [2.05, 4.69) is 17.9 Å². The first-order valence-electron chi connectivity index (χ1n) is 5.71. The second-order valence-electron chi connectivity index (χ2n) is 4.43. The van der Waals surface area contributed by atoms with Crippen LogP contribution in [0.25, 0.3) is 0 Å². The minimum absolute atomic E-state index is 0.292. The Morgan fingerprint density at radius 2 is 2.06 bits per heavy atom. The van der Waals surface area contributed by atoms with Crippen molar-refractivity contribution < 1.29 is 8.42 Å². The lowest BCUT2D eigenvalue weighted by atomic mass is 10.2. The molecule has 0 aromatic carbocycles. The zero-order valence-electron chi connectivity index (χ0n) is 9.98. The highest BCUT2D eigenvalue weighted by Crippen LogP contribution is 2.23. The third kappa shape index (κ3) is 3.28. The summed E-state index contributed by atoms with van der Waals surface area (Å²) < 4.78 is 22.6. The molecule has 1 aromatic heterocycles. The Morgan fingerprint density at radius 1 is 1.41 bits per heavy atom. The Balaban J connectivity index is 1.99. The van der Waals surface area contributed by atoms with E-state index in [4.69, 9.17) is 5.73 Å². The number of rotatable bonds is 3. The van der Waals surface area contributed by atoms with Gasteiger partial charge >= 0.3 is 0 Å². The van der Waals surface area contributed by atoms with E-state index in [0.717, 1.165) is 6.54 Å². The molecule has 0 bridgehead atoms. The molecule has 6 heteroatoms. The molecule has 1 aliphatic heterocycles. The summed E-state index contributed by atoms with van der Waals surface area (Å²) in [6.07, 6.45) is 0. The van der Waals surface area contributed by atoms with Gasteiger partial charge in [-0.25, -0.2) is 8.42 Å². The summed E-state index contributed by atoms with van der Waals surface area (Å²) in [5.74, 6) is 0.583. The average Bonchev–Trinajstić information content (AvgIpc) is 2.63. The first kappa shape index (κ1) is 13.0. The van der Waals surface area contributed by atoms with Gasteiger partial charge in [-0.15, -0.1) is 11.3 Å². The SMILES string of the molecule is Cc1sc(CN)cc1CN1CCS(=O)(=O)CC1. The quantitative estimate of drug-likeness (QED) is 0.883. The van der Waals surface area contributed by atoms with Gasteiger partial charge in [-0.05, 0) is 18.6 Å². The molecule has 0 atom stereocenters. The summed E-state index contributed by atoms with van der Waals surface area (Å²) in [7, 11) is -2.78. The van der Waals surface area contributed by atoms with Crippen molar-refractivity contribution in [3.05, 3.63) is 21.4 Å². The van der Waals surface area contributed by atoms with Crippen LogP contribution >= 0.6 is 11.3 Å². The number of hydrogen-bond donors (Lipinski definition) is 1. The highest BCUT2D eigenvalue weighted by atomic mass is 32.2. The largest absolute Gasteiger partial charge is 0.326 e. The van der Waals surface area contributed by atoms with Crippen LogP contribution in [0.2, 0.25) is 0 Å². The normalized spacial score (nSPS) is 20.6. The Labute approximate surface area is 106 Å². The first-order valence-corrected chi connectivity index (χ1v) is 8.35. The molecule has 96 valence electrons. The smallest absolute Gasteiger partial charge is 0.152 e. The number of hydrogen-bond acceptors (Lipinski definition) is 5. The predicted octanol–water partition coefficient (Wildman–Crippen LogP) is 0.746. The lowest BCUT2D eigenvalue weighted by molar-refractivity contribution is 0.287. The Hall–Kier alpha value is -0.430. The molecule has 1 saturated heterocycles. The molecule has 1 fully saturated rings. The molecule has 0 amide bonds. The fraction of sp³-hybridized carbons (Fsp3) is 0.636. The molecule has 0 aliphatic carbocycles. The predicted molar refractivity (Wildman–Crippen MR) is 70.9 cm³/mol. The van der Waals surface area contributed by atoms with Crippen molar-refractivity contribution in [2.45, 2.75) is 20.0 Å². The van der Waals surface area contributed by atoms with Crippen LogP contribution in [0.5, 0.6) is 0 Å². The number of sulfone groups is 1. The van der Waals surface area contributed by atoms with E-state index < -0.39 is 9.84 Å². The standard InChI is InChI=1S/C11H18N2O2S2/c1-9-10(6-11(7-12)16-9)8-13-2-4-17(14,15)5-3-13/h6H,2-5,7-8,12H2,1H3. The molecule has 4 nitrogen and oxygen atoms in total. The number of aryl methyl sites for hydroxylation is 1. The van der Waals surface area contributed by atoms with Crippen molar-refractivity contribution in [3.8, 4) is 0 Å². The Kier molecular flexibility index (Phi) is 3.87. The highest BCUT2D eigenvalue weighted by Gasteiger charge is 2.22. The van der Waals surface area contributed by atoms with Crippen LogP contribution in [0.4, 0.5) is 0 Å². The monoisotopic (exact) mass is 274 g/mol. The van der Waals surface area contributed by atoms with Gasteiger partial charge in [0.05, 0.1) is 11.5 Å². The molecule has 0 unspecified atom stereocenters. The van der Waals surface area contributed by atoms with Gasteiger partial charge in [-0.1, -0.05) is 0 Å². The van der Waals surface area contributed by atoms with Crippen molar-refractivity contribution in [1.82, 2.24) is 4.90 Å². The number of nitrogens with zero attached hydrogens (tertiary/aromatic N) is 1. The van der Waals surface area contributed by atoms with Gasteiger partial charge < -0.3 is 5.73 Å². The third-order valence-corrected chi connectivity index (χ3v) is 5.83. The lowest BCUT2D eigenvalue weighted by Gasteiger charge is -2.26. The summed E-state index contributed by atoms with van der Waals surface area (Å²) in [6, 6.07) is 2.14. The van der Waals surface area contributed by atoms with Gasteiger partial charge in [0.15, 0.2) is 9.84 Å². The number of nitrogens with two attached hydrogens (primary N) is 1. The van der Waals surface area contributed by atoms with Gasteiger partial charge in [0.1, 0.15) is 0 Å². The number of thiophene rings is 1. The molecule has 2 rings (SSSR count). The maximum absolute atomic E-state index is 11.3. The van der Waals surface area contributed by atoms with Gasteiger partial charge in [-0.3, -0.25) is 4.90 Å². The Morgan fingerprint density at radius 3 is 2.59 bits per heavy atom. The van der Waals surface area contributed by atoms with E-state index in [1.165, 1.54) is 15.3 Å². The van der Waals surface area contributed by atoms with E-state index in [0.29, 0.717) is 31.1 Å². The summed E-state index contributed by atoms with van der Waals surface area (Å²) in [5, 5.41) is 0. The zero-order chi connectivity index (χ0) is 12.5. The van der Waals surface area contributed by atoms with E-state index in [1.807, 2.05) is 0 Å². The summed E-state index contributed by atoms with van der Waals surface area (Å²) in [5.41, 5.74) is 6.91. The molecule has 1 aromatic rings. The highest BCUT2D eigenvalue weighted by molar-refractivity contribution is 7.91. The van der Waals surface area contributed by atoms with Crippen LogP contribution in [0.1, 0.15) is 15.3 Å². The molecular formula is C11H18N2O2S2. The van der Waals surface area contributed by atoms with E-state index >= 15 is 0 Å². The van der Waals surface area contributed by atoms with Gasteiger partial charge in [0, 0.05) is 35.9 Å².